The van der Waals surface area contributed by atoms with Crippen LogP contribution in [0.1, 0.15) is 30.0 Å². The molecular formula is C17H21N3O3S. The van der Waals surface area contributed by atoms with Gasteiger partial charge in [0.15, 0.2) is 5.82 Å². The molecule has 24 heavy (non-hydrogen) atoms. The van der Waals surface area contributed by atoms with Gasteiger partial charge in [-0.1, -0.05) is 31.1 Å². The quantitative estimate of drug-likeness (QED) is 0.812. The third kappa shape index (κ3) is 4.86. The van der Waals surface area contributed by atoms with E-state index in [-0.39, 0.29) is 18.4 Å². The minimum absolute atomic E-state index is 0.0641. The molecule has 1 N–H and O–H groups in total. The zero-order valence-corrected chi connectivity index (χ0v) is 15.0. The highest BCUT2D eigenvalue weighted by Crippen LogP contribution is 2.27. The number of benzene rings is 1. The van der Waals surface area contributed by atoms with Gasteiger partial charge in [-0.3, -0.25) is 9.59 Å². The predicted octanol–water partition coefficient (Wildman–Crippen LogP) is 3.19. The Morgan fingerprint density at radius 1 is 1.33 bits per heavy atom. The Hall–Kier alpha value is -2.28. The molecule has 2 rings (SSSR count). The number of nitrogens with zero attached hydrogens (tertiary/aromatic N) is 2. The second-order valence-corrected chi connectivity index (χ2v) is 7.31. The van der Waals surface area contributed by atoms with Crippen molar-refractivity contribution in [2.75, 3.05) is 18.9 Å². The fourth-order valence-electron chi connectivity index (χ4n) is 2.10. The van der Waals surface area contributed by atoms with Gasteiger partial charge in [-0.05, 0) is 19.1 Å². The van der Waals surface area contributed by atoms with Crippen LogP contribution in [-0.2, 0) is 4.79 Å². The first-order valence-corrected chi connectivity index (χ1v) is 8.49. The molecule has 6 nitrogen and oxygen atoms in total. The average Bonchev–Trinajstić information content (AvgIpc) is 2.91. The number of aromatic nitrogens is 1. The van der Waals surface area contributed by atoms with Gasteiger partial charge in [0.05, 0.1) is 12.1 Å². The van der Waals surface area contributed by atoms with Gasteiger partial charge < -0.3 is 14.7 Å². The van der Waals surface area contributed by atoms with Gasteiger partial charge in [0.25, 0.3) is 5.91 Å². The van der Waals surface area contributed by atoms with E-state index in [0.717, 1.165) is 4.90 Å². The number of carbonyl (C=O) groups excluding carboxylic acids is 2. The number of amides is 2. The Labute approximate surface area is 145 Å². The van der Waals surface area contributed by atoms with Gasteiger partial charge in [0.2, 0.25) is 5.91 Å². The highest BCUT2D eigenvalue weighted by molar-refractivity contribution is 8.00. The largest absolute Gasteiger partial charge is 0.360 e. The molecule has 0 saturated heterocycles. The molecule has 0 fully saturated rings. The van der Waals surface area contributed by atoms with Crippen molar-refractivity contribution in [3.05, 3.63) is 41.7 Å². The highest BCUT2D eigenvalue weighted by Gasteiger charge is 2.19. The van der Waals surface area contributed by atoms with Gasteiger partial charge in [0.1, 0.15) is 5.76 Å². The van der Waals surface area contributed by atoms with Crippen LogP contribution in [0, 0.1) is 6.92 Å². The molecule has 2 aromatic rings. The first-order chi connectivity index (χ1) is 11.4. The standard InChI is InChI=1S/C17H21N3O3S/c1-11(2)24-14-8-6-5-7-13(14)17(22)20(4)10-16(21)18-15-9-12(3)23-19-15/h5-9,11H,10H2,1-4H3,(H,18,19,21). The molecule has 0 aliphatic rings. The number of aryl methyl sites for hydroxylation is 1. The van der Waals surface area contributed by atoms with Gasteiger partial charge >= 0.3 is 0 Å². The molecule has 0 spiro atoms. The second-order valence-electron chi connectivity index (χ2n) is 5.69. The number of nitrogens with one attached hydrogen (secondary N) is 1. The molecule has 0 saturated carbocycles. The fraction of sp³-hybridized carbons (Fsp3) is 0.353. The molecule has 0 aliphatic carbocycles. The molecule has 2 amide bonds. The van der Waals surface area contributed by atoms with Gasteiger partial charge in [-0.2, -0.15) is 0 Å². The van der Waals surface area contributed by atoms with Gasteiger partial charge in [0, 0.05) is 23.3 Å². The number of thioether (sulfide) groups is 1. The van der Waals surface area contributed by atoms with E-state index in [1.807, 2.05) is 18.2 Å². The van der Waals surface area contributed by atoms with E-state index in [9.17, 15) is 9.59 Å². The molecule has 0 unspecified atom stereocenters. The van der Waals surface area contributed by atoms with E-state index in [2.05, 4.69) is 24.3 Å². The number of rotatable bonds is 6. The van der Waals surface area contributed by atoms with E-state index in [4.69, 9.17) is 4.52 Å². The lowest BCUT2D eigenvalue weighted by Gasteiger charge is -2.18. The number of hydrogen-bond acceptors (Lipinski definition) is 5. The normalized spacial score (nSPS) is 10.7. The summed E-state index contributed by atoms with van der Waals surface area (Å²) in [4.78, 5) is 27.0. The zero-order valence-electron chi connectivity index (χ0n) is 14.2. The Balaban J connectivity index is 2.03. The molecule has 128 valence electrons. The summed E-state index contributed by atoms with van der Waals surface area (Å²) < 4.78 is 4.89. The summed E-state index contributed by atoms with van der Waals surface area (Å²) >= 11 is 1.62. The van der Waals surface area contributed by atoms with E-state index < -0.39 is 0 Å². The number of hydrogen-bond donors (Lipinski definition) is 1. The minimum Gasteiger partial charge on any atom is -0.360 e. The number of carbonyl (C=O) groups is 2. The van der Waals surface area contributed by atoms with Crippen LogP contribution in [0.5, 0.6) is 0 Å². The molecule has 0 radical (unpaired) electrons. The topological polar surface area (TPSA) is 75.4 Å². The van der Waals surface area contributed by atoms with Crippen LogP contribution in [0.3, 0.4) is 0 Å². The molecule has 1 aromatic carbocycles. The molecule has 1 heterocycles. The van der Waals surface area contributed by atoms with Crippen molar-refractivity contribution < 1.29 is 14.1 Å². The Morgan fingerprint density at radius 3 is 2.67 bits per heavy atom. The maximum atomic E-state index is 12.6. The van der Waals surface area contributed by atoms with Crippen LogP contribution >= 0.6 is 11.8 Å². The smallest absolute Gasteiger partial charge is 0.255 e. The zero-order chi connectivity index (χ0) is 17.7. The maximum absolute atomic E-state index is 12.6. The monoisotopic (exact) mass is 347 g/mol. The van der Waals surface area contributed by atoms with E-state index in [1.165, 1.54) is 4.90 Å². The van der Waals surface area contributed by atoms with Crippen molar-refractivity contribution in [2.24, 2.45) is 0 Å². The fourth-order valence-corrected chi connectivity index (χ4v) is 3.05. The van der Waals surface area contributed by atoms with Crippen molar-refractivity contribution in [2.45, 2.75) is 30.9 Å². The first kappa shape index (κ1) is 18.1. The molecular weight excluding hydrogens is 326 g/mol. The Morgan fingerprint density at radius 2 is 2.04 bits per heavy atom. The lowest BCUT2D eigenvalue weighted by atomic mass is 10.2. The molecule has 0 bridgehead atoms. The number of likely N-dealkylation sites (N-methyl/N-ethyl adjacent to an activating group) is 1. The summed E-state index contributed by atoms with van der Waals surface area (Å²) in [5, 5.41) is 6.67. The summed E-state index contributed by atoms with van der Waals surface area (Å²) in [5.74, 6) is 0.432. The van der Waals surface area contributed by atoms with Crippen LogP contribution < -0.4 is 5.32 Å². The van der Waals surface area contributed by atoms with Crippen molar-refractivity contribution in [3.8, 4) is 0 Å². The Bertz CT molecular complexity index is 727. The molecule has 0 aliphatic heterocycles. The van der Waals surface area contributed by atoms with E-state index in [0.29, 0.717) is 22.4 Å². The van der Waals surface area contributed by atoms with Crippen molar-refractivity contribution >= 4 is 29.4 Å². The van der Waals surface area contributed by atoms with Crippen LogP contribution in [0.2, 0.25) is 0 Å². The SMILES string of the molecule is Cc1cc(NC(=O)CN(C)C(=O)c2ccccc2SC(C)C)no1. The third-order valence-corrected chi connectivity index (χ3v) is 4.18. The minimum atomic E-state index is -0.326. The average molecular weight is 347 g/mol. The predicted molar refractivity (Wildman–Crippen MR) is 94.3 cm³/mol. The molecule has 1 aromatic heterocycles. The lowest BCUT2D eigenvalue weighted by Crippen LogP contribution is -2.35. The first-order valence-electron chi connectivity index (χ1n) is 7.61. The molecule has 7 heteroatoms. The molecule has 0 atom stereocenters. The summed E-state index contributed by atoms with van der Waals surface area (Å²) in [7, 11) is 1.60. The highest BCUT2D eigenvalue weighted by atomic mass is 32.2. The van der Waals surface area contributed by atoms with Crippen molar-refractivity contribution in [3.63, 3.8) is 0 Å². The van der Waals surface area contributed by atoms with Crippen molar-refractivity contribution in [1.29, 1.82) is 0 Å². The van der Waals surface area contributed by atoms with Crippen molar-refractivity contribution in [1.82, 2.24) is 10.1 Å². The third-order valence-electron chi connectivity index (χ3n) is 3.10. The van der Waals surface area contributed by atoms with E-state index >= 15 is 0 Å². The second kappa shape index (κ2) is 8.01. The van der Waals surface area contributed by atoms with Crippen LogP contribution in [0.15, 0.2) is 39.8 Å². The lowest BCUT2D eigenvalue weighted by molar-refractivity contribution is -0.116. The van der Waals surface area contributed by atoms with Crippen LogP contribution in [0.25, 0.3) is 0 Å². The van der Waals surface area contributed by atoms with Gasteiger partial charge in [-0.15, -0.1) is 11.8 Å². The summed E-state index contributed by atoms with van der Waals surface area (Å²) in [6.45, 7) is 5.82. The summed E-state index contributed by atoms with van der Waals surface area (Å²) in [6, 6.07) is 9.05. The van der Waals surface area contributed by atoms with Crippen LogP contribution in [-0.4, -0.2) is 40.7 Å². The van der Waals surface area contributed by atoms with Gasteiger partial charge in [-0.25, -0.2) is 0 Å². The summed E-state index contributed by atoms with van der Waals surface area (Å²) in [6.07, 6.45) is 0. The van der Waals surface area contributed by atoms with Crippen LogP contribution in [0.4, 0.5) is 5.82 Å². The van der Waals surface area contributed by atoms with E-state index in [1.54, 1.807) is 37.9 Å². The Kier molecular flexibility index (Phi) is 6.03. The number of anilines is 1. The summed E-state index contributed by atoms with van der Waals surface area (Å²) in [5.41, 5.74) is 0.601. The maximum Gasteiger partial charge on any atom is 0.255 e.